The summed E-state index contributed by atoms with van der Waals surface area (Å²) in [4.78, 5) is 12.3. The maximum Gasteiger partial charge on any atom is 0.573 e. The molecule has 0 radical (unpaired) electrons. The number of halogens is 3. The number of carbonyl (C=O) groups excluding carboxylic acids is 1. The Kier molecular flexibility index (Phi) is 6.74. The van der Waals surface area contributed by atoms with Crippen molar-refractivity contribution in [2.75, 3.05) is 24.2 Å². The maximum atomic E-state index is 12.3. The highest BCUT2D eigenvalue weighted by Crippen LogP contribution is 2.25. The third-order valence-electron chi connectivity index (χ3n) is 4.12. The molecule has 1 amide bonds. The number of sulfonamides is 1. The van der Waals surface area contributed by atoms with Crippen molar-refractivity contribution in [3.8, 4) is 5.75 Å². The number of rotatable bonds is 6. The van der Waals surface area contributed by atoms with E-state index in [1.165, 1.54) is 16.4 Å². The average Bonchev–Trinajstić information content (AvgIpc) is 2.54. The Labute approximate surface area is 156 Å². The number of nitrogens with zero attached hydrogens (tertiary/aromatic N) is 1. The largest absolute Gasteiger partial charge is 0.573 e. The first-order valence-electron chi connectivity index (χ1n) is 8.61. The van der Waals surface area contributed by atoms with E-state index in [2.05, 4.69) is 10.1 Å². The number of piperidine rings is 1. The number of alkyl halides is 3. The van der Waals surface area contributed by atoms with Crippen molar-refractivity contribution in [1.82, 2.24) is 4.31 Å². The minimum atomic E-state index is -4.77. The Hall–Kier alpha value is -1.81. The van der Waals surface area contributed by atoms with Gasteiger partial charge in [0, 0.05) is 24.7 Å². The van der Waals surface area contributed by atoms with E-state index in [1.807, 2.05) is 13.8 Å². The maximum absolute atomic E-state index is 12.3. The number of nitrogens with one attached hydrogen (secondary N) is 1. The van der Waals surface area contributed by atoms with Crippen LogP contribution in [0.5, 0.6) is 5.75 Å². The molecular formula is C17H23F3N2O4S. The van der Waals surface area contributed by atoms with Crippen LogP contribution >= 0.6 is 0 Å². The van der Waals surface area contributed by atoms with Gasteiger partial charge in [-0.25, -0.2) is 12.7 Å². The standard InChI is InChI=1S/C17H23F3N2O4S/c1-12(2)11-27(24,25)22-9-7-13(8-10-22)16(23)21-14-3-5-15(6-4-14)26-17(18,19)20/h3-6,12-13H,7-11H2,1-2H3,(H,21,23). The molecule has 1 saturated heterocycles. The van der Waals surface area contributed by atoms with E-state index in [4.69, 9.17) is 0 Å². The number of ether oxygens (including phenoxy) is 1. The van der Waals surface area contributed by atoms with Crippen molar-refractivity contribution in [3.63, 3.8) is 0 Å². The number of anilines is 1. The summed E-state index contributed by atoms with van der Waals surface area (Å²) in [5.74, 6) is -0.887. The van der Waals surface area contributed by atoms with Gasteiger partial charge in [0.05, 0.1) is 5.75 Å². The molecule has 6 nitrogen and oxygen atoms in total. The summed E-state index contributed by atoms with van der Waals surface area (Å²) < 4.78 is 66.1. The van der Waals surface area contributed by atoms with Crippen molar-refractivity contribution in [3.05, 3.63) is 24.3 Å². The highest BCUT2D eigenvalue weighted by atomic mass is 32.2. The number of hydrogen-bond acceptors (Lipinski definition) is 4. The Morgan fingerprint density at radius 1 is 1.22 bits per heavy atom. The van der Waals surface area contributed by atoms with Crippen LogP contribution in [0, 0.1) is 11.8 Å². The summed E-state index contributed by atoms with van der Waals surface area (Å²) >= 11 is 0. The van der Waals surface area contributed by atoms with Crippen molar-refractivity contribution < 1.29 is 31.1 Å². The molecule has 0 unspecified atom stereocenters. The molecule has 1 aliphatic heterocycles. The number of carbonyl (C=O) groups is 1. The van der Waals surface area contributed by atoms with E-state index in [0.717, 1.165) is 12.1 Å². The van der Waals surface area contributed by atoms with Crippen LogP contribution in [0.25, 0.3) is 0 Å². The zero-order valence-electron chi connectivity index (χ0n) is 15.1. The van der Waals surface area contributed by atoms with E-state index in [1.54, 1.807) is 0 Å². The van der Waals surface area contributed by atoms with Crippen LogP contribution < -0.4 is 10.1 Å². The minimum absolute atomic E-state index is 0.0281. The zero-order valence-corrected chi connectivity index (χ0v) is 15.9. The lowest BCUT2D eigenvalue weighted by atomic mass is 9.97. The molecule has 1 heterocycles. The second kappa shape index (κ2) is 8.47. The molecule has 0 bridgehead atoms. The first-order chi connectivity index (χ1) is 12.5. The molecule has 0 spiro atoms. The van der Waals surface area contributed by atoms with E-state index < -0.39 is 16.4 Å². The number of amides is 1. The summed E-state index contributed by atoms with van der Waals surface area (Å²) in [6.07, 6.45) is -3.97. The first-order valence-corrected chi connectivity index (χ1v) is 10.2. The van der Waals surface area contributed by atoms with Gasteiger partial charge in [0.15, 0.2) is 0 Å². The molecule has 1 fully saturated rings. The molecular weight excluding hydrogens is 385 g/mol. The molecule has 10 heteroatoms. The molecule has 1 N–H and O–H groups in total. The summed E-state index contributed by atoms with van der Waals surface area (Å²) in [5, 5.41) is 2.64. The second-order valence-corrected chi connectivity index (χ2v) is 8.92. The van der Waals surface area contributed by atoms with E-state index >= 15 is 0 Å². The normalized spacial score (nSPS) is 17.1. The summed E-state index contributed by atoms with van der Waals surface area (Å²) in [6.45, 7) is 4.24. The van der Waals surface area contributed by atoms with Gasteiger partial charge in [-0.05, 0) is 43.0 Å². The van der Waals surface area contributed by atoms with Gasteiger partial charge < -0.3 is 10.1 Å². The summed E-state index contributed by atoms with van der Waals surface area (Å²) in [7, 11) is -3.31. The van der Waals surface area contributed by atoms with Gasteiger partial charge in [-0.1, -0.05) is 13.8 Å². The Morgan fingerprint density at radius 3 is 2.26 bits per heavy atom. The zero-order chi connectivity index (χ0) is 20.2. The SMILES string of the molecule is CC(C)CS(=O)(=O)N1CCC(C(=O)Nc2ccc(OC(F)(F)F)cc2)CC1. The van der Waals surface area contributed by atoms with Crippen LogP contribution in [0.3, 0.4) is 0 Å². The van der Waals surface area contributed by atoms with Crippen LogP contribution in [0.2, 0.25) is 0 Å². The predicted molar refractivity (Wildman–Crippen MR) is 94.7 cm³/mol. The van der Waals surface area contributed by atoms with E-state index in [9.17, 15) is 26.4 Å². The summed E-state index contributed by atoms with van der Waals surface area (Å²) in [6, 6.07) is 4.87. The summed E-state index contributed by atoms with van der Waals surface area (Å²) in [5.41, 5.74) is 0.351. The quantitative estimate of drug-likeness (QED) is 0.784. The highest BCUT2D eigenvalue weighted by Gasteiger charge is 2.32. The smallest absolute Gasteiger partial charge is 0.406 e. The van der Waals surface area contributed by atoms with Crippen LogP contribution in [-0.2, 0) is 14.8 Å². The van der Waals surface area contributed by atoms with Crippen LogP contribution in [0.4, 0.5) is 18.9 Å². The molecule has 1 aromatic carbocycles. The van der Waals surface area contributed by atoms with Crippen molar-refractivity contribution in [2.24, 2.45) is 11.8 Å². The fourth-order valence-electron chi connectivity index (χ4n) is 2.91. The Balaban J connectivity index is 1.87. The molecule has 0 atom stereocenters. The van der Waals surface area contributed by atoms with E-state index in [0.29, 0.717) is 18.5 Å². The fraction of sp³-hybridized carbons (Fsp3) is 0.588. The monoisotopic (exact) mass is 408 g/mol. The minimum Gasteiger partial charge on any atom is -0.406 e. The van der Waals surface area contributed by atoms with Gasteiger partial charge in [0.25, 0.3) is 0 Å². The van der Waals surface area contributed by atoms with Gasteiger partial charge >= 0.3 is 6.36 Å². The van der Waals surface area contributed by atoms with Gasteiger partial charge in [-0.2, -0.15) is 0 Å². The van der Waals surface area contributed by atoms with Gasteiger partial charge in [-0.15, -0.1) is 13.2 Å². The lowest BCUT2D eigenvalue weighted by molar-refractivity contribution is -0.274. The second-order valence-electron chi connectivity index (χ2n) is 6.91. The fourth-order valence-corrected chi connectivity index (χ4v) is 4.73. The lowest BCUT2D eigenvalue weighted by Crippen LogP contribution is -2.43. The highest BCUT2D eigenvalue weighted by molar-refractivity contribution is 7.89. The van der Waals surface area contributed by atoms with Crippen molar-refractivity contribution >= 4 is 21.6 Å². The molecule has 1 aromatic rings. The van der Waals surface area contributed by atoms with E-state index in [-0.39, 0.29) is 42.3 Å². The molecule has 0 aliphatic carbocycles. The van der Waals surface area contributed by atoms with Crippen LogP contribution in [0.1, 0.15) is 26.7 Å². The molecule has 0 aromatic heterocycles. The molecule has 27 heavy (non-hydrogen) atoms. The van der Waals surface area contributed by atoms with Gasteiger partial charge in [-0.3, -0.25) is 4.79 Å². The molecule has 152 valence electrons. The van der Waals surface area contributed by atoms with Gasteiger partial charge in [0.2, 0.25) is 15.9 Å². The van der Waals surface area contributed by atoms with Crippen molar-refractivity contribution in [1.29, 1.82) is 0 Å². The average molecular weight is 408 g/mol. The molecule has 0 saturated carbocycles. The molecule has 2 rings (SSSR count). The predicted octanol–water partition coefficient (Wildman–Crippen LogP) is 3.22. The van der Waals surface area contributed by atoms with Gasteiger partial charge in [0.1, 0.15) is 5.75 Å². The Morgan fingerprint density at radius 2 is 1.78 bits per heavy atom. The number of hydrogen-bond donors (Lipinski definition) is 1. The Bertz CT molecular complexity index is 740. The molecule has 1 aliphatic rings. The van der Waals surface area contributed by atoms with Crippen LogP contribution in [0.15, 0.2) is 24.3 Å². The lowest BCUT2D eigenvalue weighted by Gasteiger charge is -2.31. The topological polar surface area (TPSA) is 75.7 Å². The third-order valence-corrected chi connectivity index (χ3v) is 6.36. The third kappa shape index (κ3) is 6.69. The van der Waals surface area contributed by atoms with Crippen molar-refractivity contribution in [2.45, 2.75) is 33.1 Å². The number of benzene rings is 1. The first kappa shape index (κ1) is 21.5. The van der Waals surface area contributed by atoms with Crippen LogP contribution in [-0.4, -0.2) is 43.8 Å².